The topological polar surface area (TPSA) is 59.5 Å². The lowest BCUT2D eigenvalue weighted by Crippen LogP contribution is -2.33. The molecule has 1 N–H and O–H groups in total. The summed E-state index contributed by atoms with van der Waals surface area (Å²) in [5.74, 6) is 3.93. The van der Waals surface area contributed by atoms with E-state index in [9.17, 15) is 0 Å². The number of nitrogens with zero attached hydrogens (tertiary/aromatic N) is 3. The van der Waals surface area contributed by atoms with Crippen molar-refractivity contribution >= 4 is 17.5 Å². The van der Waals surface area contributed by atoms with Gasteiger partial charge in [-0.3, -0.25) is 0 Å². The maximum absolute atomic E-state index is 5.62. The molecule has 0 spiro atoms. The van der Waals surface area contributed by atoms with E-state index in [1.54, 1.807) is 6.20 Å². The van der Waals surface area contributed by atoms with Gasteiger partial charge in [-0.25, -0.2) is 4.98 Å². The Morgan fingerprint density at radius 1 is 1.08 bits per heavy atom. The molecule has 0 unspecified atom stereocenters. The Morgan fingerprint density at radius 2 is 1.88 bits per heavy atom. The standard InChI is InChI=1S/C18H22N4O2/c1-13-5-8-22(9-6-13)17-4-7-19-18(21-17)20-14-2-3-15-16(12-14)24-11-10-23-15/h2-4,7,12-13H,5-6,8-11H2,1H3,(H,19,20,21). The van der Waals surface area contributed by atoms with E-state index in [1.807, 2.05) is 24.3 Å². The van der Waals surface area contributed by atoms with E-state index in [0.29, 0.717) is 19.2 Å². The summed E-state index contributed by atoms with van der Waals surface area (Å²) in [7, 11) is 0. The first-order chi connectivity index (χ1) is 11.8. The number of anilines is 3. The minimum absolute atomic E-state index is 0.579. The van der Waals surface area contributed by atoms with Crippen LogP contribution in [0.15, 0.2) is 30.5 Å². The molecule has 6 nitrogen and oxygen atoms in total. The number of rotatable bonds is 3. The molecule has 0 saturated carbocycles. The molecular formula is C18H22N4O2. The Balaban J connectivity index is 1.49. The van der Waals surface area contributed by atoms with Crippen molar-refractivity contribution in [3.05, 3.63) is 30.5 Å². The summed E-state index contributed by atoms with van der Waals surface area (Å²) in [6, 6.07) is 7.76. The molecule has 1 aromatic heterocycles. The molecule has 3 heterocycles. The van der Waals surface area contributed by atoms with Crippen molar-refractivity contribution in [2.24, 2.45) is 5.92 Å². The molecule has 0 bridgehead atoms. The Kier molecular flexibility index (Phi) is 4.11. The number of fused-ring (bicyclic) bond motifs is 1. The predicted molar refractivity (Wildman–Crippen MR) is 93.4 cm³/mol. The van der Waals surface area contributed by atoms with Gasteiger partial charge in [0.1, 0.15) is 19.0 Å². The summed E-state index contributed by atoms with van der Waals surface area (Å²) in [5.41, 5.74) is 0.892. The SMILES string of the molecule is CC1CCN(c2ccnc(Nc3ccc4c(c3)OCCO4)n2)CC1. The van der Waals surface area contributed by atoms with E-state index in [4.69, 9.17) is 9.47 Å². The molecule has 4 rings (SSSR count). The number of hydrogen-bond acceptors (Lipinski definition) is 6. The summed E-state index contributed by atoms with van der Waals surface area (Å²) in [5, 5.41) is 3.26. The smallest absolute Gasteiger partial charge is 0.229 e. The fourth-order valence-corrected chi connectivity index (χ4v) is 3.07. The van der Waals surface area contributed by atoms with Crippen LogP contribution in [0, 0.1) is 5.92 Å². The minimum atomic E-state index is 0.579. The average molecular weight is 326 g/mol. The Hall–Kier alpha value is -2.50. The lowest BCUT2D eigenvalue weighted by Gasteiger charge is -2.31. The van der Waals surface area contributed by atoms with Gasteiger partial charge in [0, 0.05) is 31.0 Å². The van der Waals surface area contributed by atoms with Crippen LogP contribution in [0.5, 0.6) is 11.5 Å². The van der Waals surface area contributed by atoms with E-state index in [0.717, 1.165) is 42.0 Å². The zero-order valence-electron chi connectivity index (χ0n) is 13.9. The quantitative estimate of drug-likeness (QED) is 0.934. The zero-order chi connectivity index (χ0) is 16.4. The zero-order valence-corrected chi connectivity index (χ0v) is 13.9. The van der Waals surface area contributed by atoms with Gasteiger partial charge < -0.3 is 19.7 Å². The number of aromatic nitrogens is 2. The normalized spacial score (nSPS) is 17.6. The van der Waals surface area contributed by atoms with Crippen molar-refractivity contribution in [3.63, 3.8) is 0 Å². The first-order valence-electron chi connectivity index (χ1n) is 8.52. The van der Waals surface area contributed by atoms with E-state index < -0.39 is 0 Å². The van der Waals surface area contributed by atoms with Crippen molar-refractivity contribution < 1.29 is 9.47 Å². The summed E-state index contributed by atoms with van der Waals surface area (Å²) >= 11 is 0. The number of benzene rings is 1. The molecule has 24 heavy (non-hydrogen) atoms. The van der Waals surface area contributed by atoms with Gasteiger partial charge in [-0.1, -0.05) is 6.92 Å². The average Bonchev–Trinajstić information content (AvgIpc) is 2.62. The second-order valence-electron chi connectivity index (χ2n) is 6.39. The van der Waals surface area contributed by atoms with E-state index in [-0.39, 0.29) is 0 Å². The van der Waals surface area contributed by atoms with Crippen molar-refractivity contribution in [3.8, 4) is 11.5 Å². The molecule has 2 aliphatic rings. The maximum Gasteiger partial charge on any atom is 0.229 e. The molecule has 1 fully saturated rings. The molecule has 0 radical (unpaired) electrons. The number of nitrogens with one attached hydrogen (secondary N) is 1. The van der Waals surface area contributed by atoms with Crippen LogP contribution < -0.4 is 19.7 Å². The second kappa shape index (κ2) is 6.55. The van der Waals surface area contributed by atoms with Gasteiger partial charge in [0.05, 0.1) is 0 Å². The molecule has 0 atom stereocenters. The lowest BCUT2D eigenvalue weighted by molar-refractivity contribution is 0.171. The highest BCUT2D eigenvalue weighted by Gasteiger charge is 2.17. The molecule has 6 heteroatoms. The van der Waals surface area contributed by atoms with Crippen molar-refractivity contribution in [1.82, 2.24) is 9.97 Å². The molecular weight excluding hydrogens is 304 g/mol. The van der Waals surface area contributed by atoms with Crippen molar-refractivity contribution in [2.45, 2.75) is 19.8 Å². The van der Waals surface area contributed by atoms with Crippen LogP contribution in [-0.4, -0.2) is 36.3 Å². The van der Waals surface area contributed by atoms with Gasteiger partial charge in [-0.2, -0.15) is 4.98 Å². The second-order valence-corrected chi connectivity index (χ2v) is 6.39. The van der Waals surface area contributed by atoms with Gasteiger partial charge in [0.2, 0.25) is 5.95 Å². The van der Waals surface area contributed by atoms with Gasteiger partial charge in [0.25, 0.3) is 0 Å². The van der Waals surface area contributed by atoms with E-state index in [1.165, 1.54) is 12.8 Å². The third-order valence-electron chi connectivity index (χ3n) is 4.55. The Labute approximate surface area is 141 Å². The molecule has 1 saturated heterocycles. The Morgan fingerprint density at radius 3 is 2.71 bits per heavy atom. The Bertz CT molecular complexity index is 714. The fourth-order valence-electron chi connectivity index (χ4n) is 3.07. The largest absolute Gasteiger partial charge is 0.486 e. The monoisotopic (exact) mass is 326 g/mol. The summed E-state index contributed by atoms with van der Waals surface area (Å²) in [4.78, 5) is 11.3. The van der Waals surface area contributed by atoms with Crippen LogP contribution in [0.3, 0.4) is 0 Å². The highest BCUT2D eigenvalue weighted by atomic mass is 16.6. The van der Waals surface area contributed by atoms with Crippen LogP contribution in [0.1, 0.15) is 19.8 Å². The lowest BCUT2D eigenvalue weighted by atomic mass is 9.99. The van der Waals surface area contributed by atoms with Gasteiger partial charge in [-0.05, 0) is 37.0 Å². The van der Waals surface area contributed by atoms with Crippen LogP contribution in [0.4, 0.5) is 17.5 Å². The molecule has 126 valence electrons. The van der Waals surface area contributed by atoms with Crippen molar-refractivity contribution in [1.29, 1.82) is 0 Å². The molecule has 2 aromatic rings. The van der Waals surface area contributed by atoms with E-state index >= 15 is 0 Å². The van der Waals surface area contributed by atoms with Gasteiger partial charge >= 0.3 is 0 Å². The maximum atomic E-state index is 5.62. The third kappa shape index (κ3) is 3.22. The molecule has 2 aliphatic heterocycles. The van der Waals surface area contributed by atoms with Crippen LogP contribution in [0.25, 0.3) is 0 Å². The minimum Gasteiger partial charge on any atom is -0.486 e. The number of ether oxygens (including phenoxy) is 2. The first kappa shape index (κ1) is 15.1. The highest BCUT2D eigenvalue weighted by molar-refractivity contribution is 5.60. The van der Waals surface area contributed by atoms with Gasteiger partial charge in [-0.15, -0.1) is 0 Å². The number of piperidine rings is 1. The van der Waals surface area contributed by atoms with Crippen molar-refractivity contribution in [2.75, 3.05) is 36.5 Å². The van der Waals surface area contributed by atoms with Crippen LogP contribution in [-0.2, 0) is 0 Å². The predicted octanol–water partition coefficient (Wildman–Crippen LogP) is 3.23. The molecule has 0 amide bonds. The summed E-state index contributed by atoms with van der Waals surface area (Å²) < 4.78 is 11.2. The number of hydrogen-bond donors (Lipinski definition) is 1. The fraction of sp³-hybridized carbons (Fsp3) is 0.444. The molecule has 1 aromatic carbocycles. The van der Waals surface area contributed by atoms with Gasteiger partial charge in [0.15, 0.2) is 11.5 Å². The summed E-state index contributed by atoms with van der Waals surface area (Å²) in [6.07, 6.45) is 4.24. The third-order valence-corrected chi connectivity index (χ3v) is 4.55. The van der Waals surface area contributed by atoms with Crippen LogP contribution in [0.2, 0.25) is 0 Å². The van der Waals surface area contributed by atoms with Crippen LogP contribution >= 0.6 is 0 Å². The molecule has 0 aliphatic carbocycles. The van der Waals surface area contributed by atoms with E-state index in [2.05, 4.69) is 27.1 Å². The first-order valence-corrected chi connectivity index (χ1v) is 8.52. The highest BCUT2D eigenvalue weighted by Crippen LogP contribution is 2.33. The summed E-state index contributed by atoms with van der Waals surface area (Å²) in [6.45, 7) is 5.60.